The zero-order chi connectivity index (χ0) is 19.6. The van der Waals surface area contributed by atoms with Gasteiger partial charge >= 0.3 is 0 Å². The number of nitrogens with zero attached hydrogens (tertiary/aromatic N) is 1. The molecule has 3 N–H and O–H groups in total. The van der Waals surface area contributed by atoms with Crippen LogP contribution in [-0.2, 0) is 11.3 Å². The maximum atomic E-state index is 12.5. The SMILES string of the molecule is CCOc1ccc2[nH]c(=O)c(CN(CCCO)C(=S)NCCOC)cc2c1. The minimum atomic E-state index is -0.152. The summed E-state index contributed by atoms with van der Waals surface area (Å²) in [5, 5.41) is 13.7. The fourth-order valence-electron chi connectivity index (χ4n) is 2.70. The molecule has 0 radical (unpaired) electrons. The lowest BCUT2D eigenvalue weighted by Gasteiger charge is -2.25. The molecule has 0 amide bonds. The molecule has 27 heavy (non-hydrogen) atoms. The Morgan fingerprint density at radius 1 is 1.37 bits per heavy atom. The number of aromatic amines is 1. The second-order valence-corrected chi connectivity index (χ2v) is 6.42. The monoisotopic (exact) mass is 393 g/mol. The predicted molar refractivity (Wildman–Crippen MR) is 110 cm³/mol. The number of fused-ring (bicyclic) bond motifs is 1. The molecule has 2 aromatic rings. The molecule has 1 aromatic carbocycles. The number of benzene rings is 1. The Bertz CT molecular complexity index is 809. The first-order chi connectivity index (χ1) is 13.1. The van der Waals surface area contributed by atoms with Crippen molar-refractivity contribution >= 4 is 28.2 Å². The molecule has 0 saturated carbocycles. The molecule has 1 heterocycles. The molecule has 0 bridgehead atoms. The fraction of sp³-hybridized carbons (Fsp3) is 0.474. The largest absolute Gasteiger partial charge is 0.494 e. The minimum Gasteiger partial charge on any atom is -0.494 e. The van der Waals surface area contributed by atoms with Crippen LogP contribution >= 0.6 is 12.2 Å². The Labute approximate surface area is 164 Å². The summed E-state index contributed by atoms with van der Waals surface area (Å²) in [4.78, 5) is 17.3. The van der Waals surface area contributed by atoms with Crippen LogP contribution in [0.15, 0.2) is 29.1 Å². The maximum Gasteiger partial charge on any atom is 0.253 e. The smallest absolute Gasteiger partial charge is 0.253 e. The number of ether oxygens (including phenoxy) is 2. The molecule has 0 aliphatic carbocycles. The Morgan fingerprint density at radius 3 is 2.89 bits per heavy atom. The van der Waals surface area contributed by atoms with E-state index in [0.29, 0.717) is 49.9 Å². The molecule has 148 valence electrons. The van der Waals surface area contributed by atoms with Crippen molar-refractivity contribution in [2.24, 2.45) is 0 Å². The lowest BCUT2D eigenvalue weighted by molar-refractivity contribution is 0.202. The highest BCUT2D eigenvalue weighted by molar-refractivity contribution is 7.80. The molecule has 1 aromatic heterocycles. The van der Waals surface area contributed by atoms with E-state index in [1.807, 2.05) is 36.1 Å². The molecule has 0 fully saturated rings. The van der Waals surface area contributed by atoms with Gasteiger partial charge in [0.15, 0.2) is 5.11 Å². The first kappa shape index (κ1) is 21.1. The molecule has 0 aliphatic rings. The molecule has 0 aliphatic heterocycles. The number of thiocarbonyl (C=S) groups is 1. The first-order valence-corrected chi connectivity index (χ1v) is 9.41. The van der Waals surface area contributed by atoms with Crippen molar-refractivity contribution in [1.29, 1.82) is 0 Å². The number of aliphatic hydroxyl groups excluding tert-OH is 1. The highest BCUT2D eigenvalue weighted by Gasteiger charge is 2.13. The van der Waals surface area contributed by atoms with Crippen molar-refractivity contribution in [3.63, 3.8) is 0 Å². The van der Waals surface area contributed by atoms with E-state index in [2.05, 4.69) is 10.3 Å². The lowest BCUT2D eigenvalue weighted by atomic mass is 10.1. The summed E-state index contributed by atoms with van der Waals surface area (Å²) in [6, 6.07) is 7.45. The predicted octanol–water partition coefficient (Wildman–Crippen LogP) is 1.63. The van der Waals surface area contributed by atoms with Gasteiger partial charge in [-0.3, -0.25) is 4.79 Å². The minimum absolute atomic E-state index is 0.0585. The average molecular weight is 394 g/mol. The second kappa shape index (κ2) is 10.9. The van der Waals surface area contributed by atoms with Gasteiger partial charge in [0.05, 0.1) is 19.8 Å². The van der Waals surface area contributed by atoms with Crippen molar-refractivity contribution < 1.29 is 14.6 Å². The van der Waals surface area contributed by atoms with Gasteiger partial charge in [-0.15, -0.1) is 0 Å². The molecular weight excluding hydrogens is 366 g/mol. The maximum absolute atomic E-state index is 12.5. The van der Waals surface area contributed by atoms with E-state index in [1.165, 1.54) is 0 Å². The molecular formula is C19H27N3O4S. The molecule has 0 spiro atoms. The van der Waals surface area contributed by atoms with Gasteiger partial charge in [-0.1, -0.05) is 0 Å². The van der Waals surface area contributed by atoms with E-state index in [-0.39, 0.29) is 12.2 Å². The van der Waals surface area contributed by atoms with Crippen molar-refractivity contribution in [1.82, 2.24) is 15.2 Å². The van der Waals surface area contributed by atoms with Crippen LogP contribution in [0.4, 0.5) is 0 Å². The van der Waals surface area contributed by atoms with Gasteiger partial charge < -0.3 is 29.8 Å². The average Bonchev–Trinajstić information content (AvgIpc) is 2.66. The van der Waals surface area contributed by atoms with E-state index in [0.717, 1.165) is 16.7 Å². The summed E-state index contributed by atoms with van der Waals surface area (Å²) in [5.41, 5.74) is 1.21. The van der Waals surface area contributed by atoms with Crippen LogP contribution in [-0.4, -0.2) is 60.1 Å². The second-order valence-electron chi connectivity index (χ2n) is 6.03. The molecule has 0 unspecified atom stereocenters. The number of aliphatic hydroxyl groups is 1. The summed E-state index contributed by atoms with van der Waals surface area (Å²) < 4.78 is 10.6. The number of pyridine rings is 1. The summed E-state index contributed by atoms with van der Waals surface area (Å²) in [5.74, 6) is 0.761. The van der Waals surface area contributed by atoms with Crippen molar-refractivity contribution in [2.75, 3.05) is 40.0 Å². The van der Waals surface area contributed by atoms with Crippen LogP contribution < -0.4 is 15.6 Å². The van der Waals surface area contributed by atoms with Crippen LogP contribution in [0.5, 0.6) is 5.75 Å². The van der Waals surface area contributed by atoms with Crippen LogP contribution in [0, 0.1) is 0 Å². The molecule has 8 heteroatoms. The fourth-order valence-corrected chi connectivity index (χ4v) is 2.95. The van der Waals surface area contributed by atoms with Gasteiger partial charge in [0.1, 0.15) is 5.75 Å². The van der Waals surface area contributed by atoms with Gasteiger partial charge in [0.2, 0.25) is 0 Å². The molecule has 0 saturated heterocycles. The number of H-pyrrole nitrogens is 1. The zero-order valence-corrected chi connectivity index (χ0v) is 16.6. The van der Waals surface area contributed by atoms with Crippen molar-refractivity contribution in [3.8, 4) is 5.75 Å². The molecule has 2 rings (SSSR count). The van der Waals surface area contributed by atoms with Crippen LogP contribution in [0.2, 0.25) is 0 Å². The highest BCUT2D eigenvalue weighted by atomic mass is 32.1. The third-order valence-corrected chi connectivity index (χ3v) is 4.42. The first-order valence-electron chi connectivity index (χ1n) is 9.00. The summed E-state index contributed by atoms with van der Waals surface area (Å²) in [7, 11) is 1.62. The van der Waals surface area contributed by atoms with Gasteiger partial charge in [0, 0.05) is 43.3 Å². The summed E-state index contributed by atoms with van der Waals surface area (Å²) in [6.45, 7) is 4.58. The summed E-state index contributed by atoms with van der Waals surface area (Å²) >= 11 is 5.44. The molecule has 0 atom stereocenters. The van der Waals surface area contributed by atoms with Crippen molar-refractivity contribution in [3.05, 3.63) is 40.2 Å². The number of rotatable bonds is 10. The number of methoxy groups -OCH3 is 1. The Hall–Kier alpha value is -2.16. The van der Waals surface area contributed by atoms with E-state index in [1.54, 1.807) is 7.11 Å². The number of hydrogen-bond acceptors (Lipinski definition) is 5. The highest BCUT2D eigenvalue weighted by Crippen LogP contribution is 2.19. The number of aromatic nitrogens is 1. The van der Waals surface area contributed by atoms with E-state index < -0.39 is 0 Å². The van der Waals surface area contributed by atoms with Crippen LogP contribution in [0.25, 0.3) is 10.9 Å². The van der Waals surface area contributed by atoms with Gasteiger partial charge in [-0.2, -0.15) is 0 Å². The third-order valence-electron chi connectivity index (χ3n) is 4.02. The quantitative estimate of drug-likeness (QED) is 0.418. The normalized spacial score (nSPS) is 10.8. The topological polar surface area (TPSA) is 86.8 Å². The standard InChI is InChI=1S/C19H27N3O4S/c1-3-26-16-5-6-17-14(12-16)11-15(18(24)21-17)13-22(8-4-9-23)19(27)20-7-10-25-2/h5-6,11-12,23H,3-4,7-10,13H2,1-2H3,(H,20,27)(H,21,24). The van der Waals surface area contributed by atoms with Crippen LogP contribution in [0.1, 0.15) is 18.9 Å². The molecule has 7 nitrogen and oxygen atoms in total. The Kier molecular flexibility index (Phi) is 8.50. The summed E-state index contributed by atoms with van der Waals surface area (Å²) in [6.07, 6.45) is 0.562. The third kappa shape index (κ3) is 6.20. The lowest BCUT2D eigenvalue weighted by Crippen LogP contribution is -2.42. The Balaban J connectivity index is 2.23. The number of nitrogens with one attached hydrogen (secondary N) is 2. The zero-order valence-electron chi connectivity index (χ0n) is 15.8. The van der Waals surface area contributed by atoms with Gasteiger partial charge in [-0.05, 0) is 49.8 Å². The van der Waals surface area contributed by atoms with E-state index in [9.17, 15) is 4.79 Å². The van der Waals surface area contributed by atoms with E-state index in [4.69, 9.17) is 26.8 Å². The van der Waals surface area contributed by atoms with Gasteiger partial charge in [0.25, 0.3) is 5.56 Å². The number of hydrogen-bond donors (Lipinski definition) is 3. The Morgan fingerprint density at radius 2 is 2.19 bits per heavy atom. The van der Waals surface area contributed by atoms with E-state index >= 15 is 0 Å². The van der Waals surface area contributed by atoms with Crippen LogP contribution in [0.3, 0.4) is 0 Å². The van der Waals surface area contributed by atoms with Crippen molar-refractivity contribution in [2.45, 2.75) is 19.9 Å². The van der Waals surface area contributed by atoms with Gasteiger partial charge in [-0.25, -0.2) is 0 Å².